The number of carbonyl (C=O) groups is 1. The van der Waals surface area contributed by atoms with Gasteiger partial charge in [0.1, 0.15) is 0 Å². The van der Waals surface area contributed by atoms with Crippen LogP contribution in [0.3, 0.4) is 0 Å². The van der Waals surface area contributed by atoms with E-state index in [-0.39, 0.29) is 12.3 Å². The average Bonchev–Trinajstić information content (AvgIpc) is 2.36. The Morgan fingerprint density at radius 2 is 2.38 bits per heavy atom. The van der Waals surface area contributed by atoms with Crippen molar-refractivity contribution in [2.45, 2.75) is 6.42 Å². The lowest BCUT2D eigenvalue weighted by molar-refractivity contribution is -0.117. The number of aliphatic hydroxyl groups excluding tert-OH is 1. The monoisotopic (exact) mass is 183 g/mol. The topological polar surface area (TPSA) is 87.7 Å². The highest BCUT2D eigenvalue weighted by Crippen LogP contribution is 1.98. The molecule has 4 N–H and O–H groups in total. The molecule has 0 atom stereocenters. The molecule has 1 aliphatic heterocycles. The van der Waals surface area contributed by atoms with Crippen LogP contribution in [0.15, 0.2) is 29.0 Å². The van der Waals surface area contributed by atoms with Gasteiger partial charge in [-0.2, -0.15) is 5.10 Å². The first-order valence-corrected chi connectivity index (χ1v) is 3.66. The van der Waals surface area contributed by atoms with Crippen molar-refractivity contribution in [3.05, 3.63) is 23.9 Å². The van der Waals surface area contributed by atoms with Crippen molar-refractivity contribution in [1.29, 1.82) is 0 Å². The third kappa shape index (κ3) is 5.63. The van der Waals surface area contributed by atoms with Crippen molar-refractivity contribution in [2.24, 2.45) is 10.8 Å². The summed E-state index contributed by atoms with van der Waals surface area (Å²) < 4.78 is 0. The SMILES string of the molecule is CO.NC(=O)CC1=CC=CNN=C1. The van der Waals surface area contributed by atoms with Gasteiger partial charge in [-0.3, -0.25) is 10.2 Å². The Kier molecular flexibility index (Phi) is 6.17. The Labute approximate surface area is 76.6 Å². The van der Waals surface area contributed by atoms with Gasteiger partial charge in [-0.1, -0.05) is 6.08 Å². The van der Waals surface area contributed by atoms with E-state index < -0.39 is 0 Å². The van der Waals surface area contributed by atoms with E-state index in [2.05, 4.69) is 10.5 Å². The third-order valence-corrected chi connectivity index (χ3v) is 1.16. The number of nitrogens with two attached hydrogens (primary N) is 1. The van der Waals surface area contributed by atoms with Crippen molar-refractivity contribution in [3.8, 4) is 0 Å². The lowest BCUT2D eigenvalue weighted by atomic mass is 10.2. The van der Waals surface area contributed by atoms with Gasteiger partial charge in [-0.15, -0.1) is 0 Å². The summed E-state index contributed by atoms with van der Waals surface area (Å²) in [6.07, 6.45) is 7.03. The number of hydrazone groups is 1. The molecule has 1 rings (SSSR count). The number of hydrogen-bond donors (Lipinski definition) is 3. The van der Waals surface area contributed by atoms with Gasteiger partial charge < -0.3 is 10.8 Å². The fourth-order valence-electron chi connectivity index (χ4n) is 0.727. The first kappa shape index (κ1) is 11.4. The van der Waals surface area contributed by atoms with E-state index in [0.29, 0.717) is 0 Å². The largest absolute Gasteiger partial charge is 0.400 e. The molecule has 0 bridgehead atoms. The molecule has 1 amide bonds. The van der Waals surface area contributed by atoms with Crippen molar-refractivity contribution >= 4 is 12.1 Å². The van der Waals surface area contributed by atoms with E-state index in [1.165, 1.54) is 0 Å². The standard InChI is InChI=1S/C7H9N3O.CH4O/c8-7(11)4-6-2-1-3-9-10-5-6;1-2/h1-3,5,9H,4H2,(H2,8,11);2H,1H3. The number of allylic oxidation sites excluding steroid dienone is 2. The number of aliphatic hydroxyl groups is 1. The van der Waals surface area contributed by atoms with Crippen molar-refractivity contribution < 1.29 is 9.90 Å². The van der Waals surface area contributed by atoms with Crippen LogP contribution in [0, 0.1) is 0 Å². The van der Waals surface area contributed by atoms with Crippen LogP contribution in [-0.2, 0) is 4.79 Å². The van der Waals surface area contributed by atoms with Crippen LogP contribution in [0.5, 0.6) is 0 Å². The van der Waals surface area contributed by atoms with E-state index in [9.17, 15) is 4.79 Å². The summed E-state index contributed by atoms with van der Waals surface area (Å²) in [5.41, 5.74) is 8.43. The van der Waals surface area contributed by atoms with Crippen molar-refractivity contribution in [1.82, 2.24) is 5.43 Å². The van der Waals surface area contributed by atoms with Crippen LogP contribution in [0.1, 0.15) is 6.42 Å². The number of hydrogen-bond acceptors (Lipinski definition) is 4. The summed E-state index contributed by atoms with van der Waals surface area (Å²) in [4.78, 5) is 10.5. The molecule has 0 saturated heterocycles. The third-order valence-electron chi connectivity index (χ3n) is 1.16. The van der Waals surface area contributed by atoms with Crippen LogP contribution in [0.4, 0.5) is 0 Å². The van der Waals surface area contributed by atoms with Gasteiger partial charge in [0.05, 0.1) is 12.6 Å². The summed E-state index contributed by atoms with van der Waals surface area (Å²) >= 11 is 0. The van der Waals surface area contributed by atoms with Gasteiger partial charge in [0.2, 0.25) is 5.91 Å². The van der Waals surface area contributed by atoms with Gasteiger partial charge in [0.15, 0.2) is 0 Å². The Hall–Kier alpha value is -1.62. The molecule has 1 heterocycles. The second-order valence-corrected chi connectivity index (χ2v) is 2.13. The zero-order chi connectivity index (χ0) is 10.1. The van der Waals surface area contributed by atoms with Gasteiger partial charge in [0.25, 0.3) is 0 Å². The maximum absolute atomic E-state index is 10.5. The molecule has 0 radical (unpaired) electrons. The Morgan fingerprint density at radius 3 is 3.00 bits per heavy atom. The Morgan fingerprint density at radius 1 is 1.69 bits per heavy atom. The Balaban J connectivity index is 0.000000671. The van der Waals surface area contributed by atoms with E-state index in [1.54, 1.807) is 24.6 Å². The molecule has 5 heteroatoms. The quantitative estimate of drug-likeness (QED) is 0.539. The van der Waals surface area contributed by atoms with E-state index in [0.717, 1.165) is 12.7 Å². The first-order chi connectivity index (χ1) is 6.29. The highest BCUT2D eigenvalue weighted by molar-refractivity contribution is 5.89. The Bertz CT molecular complexity index is 244. The van der Waals surface area contributed by atoms with Crippen LogP contribution in [0.2, 0.25) is 0 Å². The predicted molar refractivity (Wildman–Crippen MR) is 50.8 cm³/mol. The molecule has 0 unspecified atom stereocenters. The zero-order valence-electron chi connectivity index (χ0n) is 7.40. The van der Waals surface area contributed by atoms with Gasteiger partial charge in [-0.05, 0) is 11.6 Å². The normalized spacial score (nSPS) is 13.2. The second-order valence-electron chi connectivity index (χ2n) is 2.13. The lowest BCUT2D eigenvalue weighted by Gasteiger charge is -1.92. The minimum atomic E-state index is -0.349. The molecule has 0 spiro atoms. The van der Waals surface area contributed by atoms with E-state index in [1.807, 2.05) is 0 Å². The summed E-state index contributed by atoms with van der Waals surface area (Å²) in [7, 11) is 1.00. The van der Waals surface area contributed by atoms with Gasteiger partial charge in [0, 0.05) is 13.3 Å². The highest BCUT2D eigenvalue weighted by Gasteiger charge is 1.98. The molecule has 0 fully saturated rings. The number of nitrogens with zero attached hydrogens (tertiary/aromatic N) is 1. The average molecular weight is 183 g/mol. The lowest BCUT2D eigenvalue weighted by Crippen LogP contribution is -2.11. The molecular formula is C8H13N3O2. The summed E-state index contributed by atoms with van der Waals surface area (Å²) in [5.74, 6) is -0.349. The minimum Gasteiger partial charge on any atom is -0.400 e. The van der Waals surface area contributed by atoms with Crippen LogP contribution in [0.25, 0.3) is 0 Å². The molecular weight excluding hydrogens is 170 g/mol. The number of primary amides is 1. The maximum Gasteiger partial charge on any atom is 0.221 e. The van der Waals surface area contributed by atoms with Crippen molar-refractivity contribution in [3.63, 3.8) is 0 Å². The van der Waals surface area contributed by atoms with Crippen LogP contribution >= 0.6 is 0 Å². The molecule has 0 aliphatic carbocycles. The smallest absolute Gasteiger partial charge is 0.221 e. The van der Waals surface area contributed by atoms with Gasteiger partial charge in [-0.25, -0.2) is 0 Å². The molecule has 0 aromatic heterocycles. The number of nitrogens with one attached hydrogen (secondary N) is 1. The number of amides is 1. The molecule has 13 heavy (non-hydrogen) atoms. The molecule has 0 saturated carbocycles. The number of carbonyl (C=O) groups excluding carboxylic acids is 1. The maximum atomic E-state index is 10.5. The second kappa shape index (κ2) is 7.05. The fraction of sp³-hybridized carbons (Fsp3) is 0.250. The molecule has 72 valence electrons. The van der Waals surface area contributed by atoms with E-state index >= 15 is 0 Å². The zero-order valence-corrected chi connectivity index (χ0v) is 7.40. The van der Waals surface area contributed by atoms with Crippen LogP contribution in [-0.4, -0.2) is 24.3 Å². The minimum absolute atomic E-state index is 0.232. The summed E-state index contributed by atoms with van der Waals surface area (Å²) in [5, 5.41) is 10.8. The first-order valence-electron chi connectivity index (χ1n) is 3.66. The van der Waals surface area contributed by atoms with E-state index in [4.69, 9.17) is 10.8 Å². The fourth-order valence-corrected chi connectivity index (χ4v) is 0.727. The predicted octanol–water partition coefficient (Wildman–Crippen LogP) is -0.501. The van der Waals surface area contributed by atoms with Crippen molar-refractivity contribution in [2.75, 3.05) is 7.11 Å². The van der Waals surface area contributed by atoms with Crippen LogP contribution < -0.4 is 11.2 Å². The summed E-state index contributed by atoms with van der Waals surface area (Å²) in [6.45, 7) is 0. The molecule has 5 nitrogen and oxygen atoms in total. The molecule has 0 aromatic rings. The highest BCUT2D eigenvalue weighted by atomic mass is 16.2. The summed E-state index contributed by atoms with van der Waals surface area (Å²) in [6, 6.07) is 0. The van der Waals surface area contributed by atoms with Gasteiger partial charge >= 0.3 is 0 Å². The molecule has 1 aliphatic rings. The number of rotatable bonds is 2. The molecule has 0 aromatic carbocycles.